The van der Waals surface area contributed by atoms with Gasteiger partial charge in [0.1, 0.15) is 0 Å². The van der Waals surface area contributed by atoms with Crippen LogP contribution in [0.2, 0.25) is 0 Å². The largest absolute Gasteiger partial charge is 0.255 e. The van der Waals surface area contributed by atoms with E-state index in [1.807, 2.05) is 24.3 Å². The second-order valence-electron chi connectivity index (χ2n) is 8.88. The average molecular weight is 367 g/mol. The molecule has 1 aliphatic rings. The lowest BCUT2D eigenvalue weighted by Gasteiger charge is -2.42. The van der Waals surface area contributed by atoms with Crippen LogP contribution < -0.4 is 0 Å². The van der Waals surface area contributed by atoms with Crippen molar-refractivity contribution in [2.45, 2.75) is 63.2 Å². The van der Waals surface area contributed by atoms with Gasteiger partial charge >= 0.3 is 0 Å². The van der Waals surface area contributed by atoms with E-state index in [0.717, 1.165) is 10.5 Å². The number of benzene rings is 2. The molecule has 1 aliphatic carbocycles. The third-order valence-corrected chi connectivity index (χ3v) is 6.84. The Morgan fingerprint density at radius 2 is 1.50 bits per heavy atom. The molecule has 0 bridgehead atoms. The van der Waals surface area contributed by atoms with Gasteiger partial charge in [0.25, 0.3) is 0 Å². The van der Waals surface area contributed by atoms with Crippen molar-refractivity contribution in [2.24, 2.45) is 0 Å². The van der Waals surface area contributed by atoms with Crippen molar-refractivity contribution in [3.8, 4) is 0 Å². The first-order valence-corrected chi connectivity index (χ1v) is 10.9. The van der Waals surface area contributed by atoms with E-state index in [1.165, 1.54) is 35.1 Å². The molecule has 1 unspecified atom stereocenters. The van der Waals surface area contributed by atoms with Gasteiger partial charge in [-0.1, -0.05) is 64.1 Å². The third-order valence-electron chi connectivity index (χ3n) is 5.90. The van der Waals surface area contributed by atoms with Crippen LogP contribution in [0.4, 0.5) is 0 Å². The average Bonchev–Trinajstić information content (AvgIpc) is 2.59. The van der Waals surface area contributed by atoms with E-state index in [9.17, 15) is 4.21 Å². The lowest BCUT2D eigenvalue weighted by Crippen LogP contribution is -2.33. The van der Waals surface area contributed by atoms with Gasteiger partial charge in [-0.15, -0.1) is 0 Å². The topological polar surface area (TPSA) is 17.1 Å². The molecule has 0 aromatic heterocycles. The van der Waals surface area contributed by atoms with E-state index in [-0.39, 0.29) is 10.8 Å². The molecule has 0 saturated heterocycles. The van der Waals surface area contributed by atoms with Gasteiger partial charge in [-0.25, -0.2) is 0 Å². The summed E-state index contributed by atoms with van der Waals surface area (Å²) in [6.45, 7) is 11.6. The van der Waals surface area contributed by atoms with Gasteiger partial charge in [-0.05, 0) is 70.6 Å². The van der Waals surface area contributed by atoms with Gasteiger partial charge < -0.3 is 0 Å². The molecule has 1 nitrogen and oxygen atoms in total. The summed E-state index contributed by atoms with van der Waals surface area (Å²) in [6.07, 6.45) is 6.40. The van der Waals surface area contributed by atoms with E-state index >= 15 is 0 Å². The second kappa shape index (κ2) is 6.81. The van der Waals surface area contributed by atoms with Crippen molar-refractivity contribution in [3.63, 3.8) is 0 Å². The molecule has 0 saturated carbocycles. The molecule has 138 valence electrons. The maximum Gasteiger partial charge on any atom is 0.0498 e. The first-order valence-electron chi connectivity index (χ1n) is 9.37. The number of hydrogen-bond acceptors (Lipinski definition) is 1. The summed E-state index contributed by atoms with van der Waals surface area (Å²) in [5.41, 5.74) is 7.18. The highest BCUT2D eigenvalue weighted by molar-refractivity contribution is 7.84. The van der Waals surface area contributed by atoms with E-state index < -0.39 is 10.8 Å². The van der Waals surface area contributed by atoms with Crippen LogP contribution in [0.15, 0.2) is 47.4 Å². The van der Waals surface area contributed by atoms with Crippen LogP contribution in [0, 0.1) is 0 Å². The molecule has 0 aliphatic heterocycles. The van der Waals surface area contributed by atoms with E-state index in [2.05, 4.69) is 58.9 Å². The third kappa shape index (κ3) is 3.71. The Hall–Kier alpha value is -1.67. The first-order chi connectivity index (χ1) is 12.1. The Bertz CT molecular complexity index is 870. The Balaban J connectivity index is 1.98. The highest BCUT2D eigenvalue weighted by Crippen LogP contribution is 2.46. The fourth-order valence-corrected chi connectivity index (χ4v) is 4.44. The van der Waals surface area contributed by atoms with Gasteiger partial charge in [0.2, 0.25) is 0 Å². The lowest BCUT2D eigenvalue weighted by molar-refractivity contribution is 0.332. The Morgan fingerprint density at radius 3 is 2.08 bits per heavy atom. The minimum atomic E-state index is -0.924. The summed E-state index contributed by atoms with van der Waals surface area (Å²) >= 11 is 0. The number of fused-ring (bicyclic) bond motifs is 1. The maximum absolute atomic E-state index is 11.5. The van der Waals surface area contributed by atoms with Crippen LogP contribution in [0.1, 0.15) is 69.7 Å². The zero-order chi connectivity index (χ0) is 19.1. The standard InChI is InChI=1S/C24H30OS/c1-17(15-18-7-10-20(11-8-18)26(6)25)19-9-12-21-22(16-19)24(4,5)14-13-23(21,2)3/h7-12,15-16H,13-14H2,1-6H3. The molecule has 0 N–H and O–H groups in total. The number of rotatable bonds is 3. The monoisotopic (exact) mass is 366 g/mol. The SMILES string of the molecule is CC(=Cc1ccc(S(C)=O)cc1)c1ccc2c(c1)C(C)(C)CCC2(C)C. The summed E-state index contributed by atoms with van der Waals surface area (Å²) in [5, 5.41) is 0. The molecule has 2 aromatic rings. The number of allylic oxidation sites excluding steroid dienone is 1. The van der Waals surface area contributed by atoms with E-state index in [4.69, 9.17) is 0 Å². The smallest absolute Gasteiger partial charge is 0.0498 e. The molecule has 0 spiro atoms. The van der Waals surface area contributed by atoms with Crippen LogP contribution in [-0.4, -0.2) is 10.5 Å². The van der Waals surface area contributed by atoms with Crippen LogP contribution in [0.5, 0.6) is 0 Å². The molecule has 2 aromatic carbocycles. The zero-order valence-electron chi connectivity index (χ0n) is 16.8. The first kappa shape index (κ1) is 19.1. The summed E-state index contributed by atoms with van der Waals surface area (Å²) in [5.74, 6) is 0. The van der Waals surface area contributed by atoms with Crippen LogP contribution in [0.25, 0.3) is 11.6 Å². The normalized spacial score (nSPS) is 19.7. The molecule has 0 amide bonds. The van der Waals surface area contributed by atoms with Crippen LogP contribution in [0.3, 0.4) is 0 Å². The lowest BCUT2D eigenvalue weighted by atomic mass is 9.63. The van der Waals surface area contributed by atoms with Crippen molar-refractivity contribution in [3.05, 3.63) is 64.7 Å². The second-order valence-corrected chi connectivity index (χ2v) is 10.3. The van der Waals surface area contributed by atoms with Gasteiger partial charge in [0, 0.05) is 22.0 Å². The van der Waals surface area contributed by atoms with Crippen molar-refractivity contribution in [1.82, 2.24) is 0 Å². The molecule has 1 atom stereocenters. The van der Waals surface area contributed by atoms with Gasteiger partial charge in [0.15, 0.2) is 0 Å². The highest BCUT2D eigenvalue weighted by atomic mass is 32.2. The summed E-state index contributed by atoms with van der Waals surface area (Å²) in [4.78, 5) is 0.873. The Labute approximate surface area is 161 Å². The fourth-order valence-electron chi connectivity index (χ4n) is 3.92. The predicted molar refractivity (Wildman–Crippen MR) is 114 cm³/mol. The van der Waals surface area contributed by atoms with Gasteiger partial charge in [-0.2, -0.15) is 0 Å². The Morgan fingerprint density at radius 1 is 0.923 bits per heavy atom. The molecule has 2 heteroatoms. The summed E-state index contributed by atoms with van der Waals surface area (Å²) in [6, 6.07) is 15.0. The fraction of sp³-hybridized carbons (Fsp3) is 0.417. The molecule has 0 radical (unpaired) electrons. The van der Waals surface area contributed by atoms with Crippen molar-refractivity contribution >= 4 is 22.4 Å². The molecular formula is C24H30OS. The maximum atomic E-state index is 11.5. The molecule has 0 fully saturated rings. The van der Waals surface area contributed by atoms with E-state index in [0.29, 0.717) is 0 Å². The summed E-state index contributed by atoms with van der Waals surface area (Å²) < 4.78 is 11.5. The number of hydrogen-bond donors (Lipinski definition) is 0. The predicted octanol–water partition coefficient (Wildman–Crippen LogP) is 6.33. The van der Waals surface area contributed by atoms with Gasteiger partial charge in [0.05, 0.1) is 0 Å². The minimum Gasteiger partial charge on any atom is -0.255 e. The summed E-state index contributed by atoms with van der Waals surface area (Å²) in [7, 11) is -0.924. The van der Waals surface area contributed by atoms with Crippen molar-refractivity contribution < 1.29 is 4.21 Å². The molecule has 26 heavy (non-hydrogen) atoms. The molecular weight excluding hydrogens is 336 g/mol. The highest BCUT2D eigenvalue weighted by Gasteiger charge is 2.36. The van der Waals surface area contributed by atoms with Crippen molar-refractivity contribution in [2.75, 3.05) is 6.26 Å². The molecule has 0 heterocycles. The Kier molecular flexibility index (Phi) is 5.00. The van der Waals surface area contributed by atoms with Gasteiger partial charge in [-0.3, -0.25) is 4.21 Å². The quantitative estimate of drug-likeness (QED) is 0.580. The van der Waals surface area contributed by atoms with E-state index in [1.54, 1.807) is 6.26 Å². The van der Waals surface area contributed by atoms with Crippen LogP contribution in [-0.2, 0) is 21.6 Å². The molecule has 3 rings (SSSR count). The zero-order valence-corrected chi connectivity index (χ0v) is 17.7. The van der Waals surface area contributed by atoms with Crippen LogP contribution >= 0.6 is 0 Å². The minimum absolute atomic E-state index is 0.230. The van der Waals surface area contributed by atoms with Crippen molar-refractivity contribution in [1.29, 1.82) is 0 Å².